The molecule has 34 heavy (non-hydrogen) atoms. The van der Waals surface area contributed by atoms with E-state index in [9.17, 15) is 10.2 Å². The van der Waals surface area contributed by atoms with Gasteiger partial charge in [-0.2, -0.15) is 0 Å². The summed E-state index contributed by atoms with van der Waals surface area (Å²) in [4.78, 5) is 0.129. The summed E-state index contributed by atoms with van der Waals surface area (Å²) in [5, 5.41) is 21.9. The molecule has 4 aliphatic rings. The minimum absolute atomic E-state index is 0.00925. The maximum Gasteiger partial charge on any atom is 0.0672 e. The molecule has 0 amide bonds. The highest BCUT2D eigenvalue weighted by Crippen LogP contribution is 2.72. The van der Waals surface area contributed by atoms with Crippen LogP contribution in [0.1, 0.15) is 120 Å². The van der Waals surface area contributed by atoms with Crippen molar-refractivity contribution in [2.75, 3.05) is 0 Å². The van der Waals surface area contributed by atoms with Gasteiger partial charge in [0.2, 0.25) is 0 Å². The average Bonchev–Trinajstić information content (AvgIpc) is 3.01. The standard InChI is InChI=1S/C31H53BrO2/c1-19(18-23(33)26(32)27(2,3)4)20-12-16-31(9)22-10-11-24-28(5,6)25(34)14-15-29(24,7)21(22)13-17-30(20,31)8/h19-20,23-26,33-34H,10-18H2,1-9H3/t19-,20-,23?,24+,25+,26?,29-,30-,31+/m1/s1. The van der Waals surface area contributed by atoms with Gasteiger partial charge >= 0.3 is 0 Å². The second-order valence-corrected chi connectivity index (χ2v) is 16.3. The Morgan fingerprint density at radius 2 is 1.59 bits per heavy atom. The molecule has 9 atom stereocenters. The fourth-order valence-electron chi connectivity index (χ4n) is 9.87. The van der Waals surface area contributed by atoms with Crippen LogP contribution in [0.15, 0.2) is 11.1 Å². The molecule has 0 aromatic rings. The number of fused-ring (bicyclic) bond motifs is 4. The molecule has 4 aliphatic carbocycles. The van der Waals surface area contributed by atoms with Gasteiger partial charge in [0.15, 0.2) is 0 Å². The van der Waals surface area contributed by atoms with E-state index in [-0.39, 0.29) is 38.7 Å². The predicted octanol–water partition coefficient (Wildman–Crippen LogP) is 8.29. The van der Waals surface area contributed by atoms with Crippen molar-refractivity contribution >= 4 is 15.9 Å². The first kappa shape index (κ1) is 27.2. The van der Waals surface area contributed by atoms with Crippen molar-refractivity contribution in [3.05, 3.63) is 11.1 Å². The molecule has 2 nitrogen and oxygen atoms in total. The third kappa shape index (κ3) is 3.84. The lowest BCUT2D eigenvalue weighted by Crippen LogP contribution is -2.55. The average molecular weight is 538 g/mol. The third-order valence-corrected chi connectivity index (χ3v) is 14.2. The van der Waals surface area contributed by atoms with Crippen LogP contribution in [0.3, 0.4) is 0 Å². The molecule has 3 heteroatoms. The zero-order valence-corrected chi connectivity index (χ0v) is 25.2. The van der Waals surface area contributed by atoms with Crippen LogP contribution in [0, 0.1) is 44.8 Å². The molecule has 0 saturated heterocycles. The lowest BCUT2D eigenvalue weighted by atomic mass is 9.43. The highest BCUT2D eigenvalue weighted by molar-refractivity contribution is 9.09. The van der Waals surface area contributed by atoms with Crippen molar-refractivity contribution in [1.29, 1.82) is 0 Å². The Hall–Kier alpha value is 0.140. The molecule has 2 N–H and O–H groups in total. The van der Waals surface area contributed by atoms with Crippen LogP contribution < -0.4 is 0 Å². The van der Waals surface area contributed by atoms with Gasteiger partial charge in [0.25, 0.3) is 0 Å². The Kier molecular flexibility index (Phi) is 6.87. The fraction of sp³-hybridized carbons (Fsp3) is 0.935. The van der Waals surface area contributed by atoms with Crippen molar-refractivity contribution in [2.24, 2.45) is 44.8 Å². The van der Waals surface area contributed by atoms with Crippen molar-refractivity contribution in [3.8, 4) is 0 Å². The normalized spacial score (nSPS) is 44.6. The number of halogens is 1. The smallest absolute Gasteiger partial charge is 0.0672 e. The first-order chi connectivity index (χ1) is 15.5. The lowest BCUT2D eigenvalue weighted by Gasteiger charge is -2.62. The SMILES string of the molecule is C[C@H](CC(O)C(Br)C(C)(C)C)[C@H]1CC[C@@]2(C)C3=C(CC[C@]12C)[C@@]1(C)CC[C@H](O)C(C)(C)[C@@H]1CC3. The lowest BCUT2D eigenvalue weighted by molar-refractivity contribution is -0.0964. The van der Waals surface area contributed by atoms with E-state index >= 15 is 0 Å². The van der Waals surface area contributed by atoms with Crippen molar-refractivity contribution in [3.63, 3.8) is 0 Å². The van der Waals surface area contributed by atoms with E-state index in [1.54, 1.807) is 5.57 Å². The van der Waals surface area contributed by atoms with Gasteiger partial charge in [-0.1, -0.05) is 89.4 Å². The summed E-state index contributed by atoms with van der Waals surface area (Å²) in [6, 6.07) is 0. The molecule has 0 heterocycles. The summed E-state index contributed by atoms with van der Waals surface area (Å²) in [5.41, 5.74) is 4.55. The maximum atomic E-state index is 11.1. The summed E-state index contributed by atoms with van der Waals surface area (Å²) >= 11 is 3.82. The molecule has 0 spiro atoms. The summed E-state index contributed by atoms with van der Waals surface area (Å²) in [5.74, 6) is 1.80. The van der Waals surface area contributed by atoms with Gasteiger partial charge < -0.3 is 10.2 Å². The second-order valence-electron chi connectivity index (χ2n) is 15.3. The zero-order chi connectivity index (χ0) is 25.5. The van der Waals surface area contributed by atoms with E-state index in [1.165, 1.54) is 38.5 Å². The van der Waals surface area contributed by atoms with E-state index < -0.39 is 0 Å². The van der Waals surface area contributed by atoms with E-state index in [1.807, 2.05) is 5.57 Å². The van der Waals surface area contributed by atoms with Crippen LogP contribution in [0.5, 0.6) is 0 Å². The molecule has 2 saturated carbocycles. The van der Waals surface area contributed by atoms with Gasteiger partial charge in [-0.25, -0.2) is 0 Å². The number of aliphatic hydroxyl groups excluding tert-OH is 2. The molecule has 0 aliphatic heterocycles. The Morgan fingerprint density at radius 3 is 2.21 bits per heavy atom. The van der Waals surface area contributed by atoms with Crippen molar-refractivity contribution < 1.29 is 10.2 Å². The number of alkyl halides is 1. The maximum absolute atomic E-state index is 11.1. The molecular weight excluding hydrogens is 484 g/mol. The van der Waals surface area contributed by atoms with Gasteiger partial charge in [0.1, 0.15) is 0 Å². The Bertz CT molecular complexity index is 824. The van der Waals surface area contributed by atoms with E-state index in [0.717, 1.165) is 19.3 Å². The molecule has 0 radical (unpaired) electrons. The molecule has 196 valence electrons. The highest BCUT2D eigenvalue weighted by Gasteiger charge is 2.63. The second kappa shape index (κ2) is 8.59. The van der Waals surface area contributed by atoms with Gasteiger partial charge in [0, 0.05) is 4.83 Å². The van der Waals surface area contributed by atoms with Crippen LogP contribution in [0.25, 0.3) is 0 Å². The van der Waals surface area contributed by atoms with Crippen LogP contribution in [0.2, 0.25) is 0 Å². The van der Waals surface area contributed by atoms with Gasteiger partial charge in [-0.3, -0.25) is 0 Å². The first-order valence-corrected chi connectivity index (χ1v) is 15.1. The molecule has 2 fully saturated rings. The number of hydrogen-bond acceptors (Lipinski definition) is 2. The zero-order valence-electron chi connectivity index (χ0n) is 23.6. The topological polar surface area (TPSA) is 40.5 Å². The number of rotatable bonds is 4. The Balaban J connectivity index is 1.62. The van der Waals surface area contributed by atoms with E-state index in [2.05, 4.69) is 78.2 Å². The van der Waals surface area contributed by atoms with Gasteiger partial charge in [-0.05, 0) is 103 Å². The Morgan fingerprint density at radius 1 is 0.941 bits per heavy atom. The van der Waals surface area contributed by atoms with Crippen LogP contribution in [-0.4, -0.2) is 27.2 Å². The minimum Gasteiger partial charge on any atom is -0.393 e. The number of hydrogen-bond donors (Lipinski definition) is 2. The van der Waals surface area contributed by atoms with Crippen molar-refractivity contribution in [2.45, 2.75) is 137 Å². The molecule has 2 unspecified atom stereocenters. The summed E-state index contributed by atoms with van der Waals surface area (Å²) in [6.07, 6.45) is 10.1. The number of aliphatic hydroxyl groups is 2. The predicted molar refractivity (Wildman–Crippen MR) is 147 cm³/mol. The van der Waals surface area contributed by atoms with Crippen LogP contribution in [0.4, 0.5) is 0 Å². The minimum atomic E-state index is -0.297. The summed E-state index contributed by atoms with van der Waals surface area (Å²) < 4.78 is 0. The molecule has 0 aromatic carbocycles. The molecule has 0 bridgehead atoms. The summed E-state index contributed by atoms with van der Waals surface area (Å²) in [7, 11) is 0. The monoisotopic (exact) mass is 536 g/mol. The third-order valence-electron chi connectivity index (χ3n) is 12.3. The quantitative estimate of drug-likeness (QED) is 0.280. The fourth-order valence-corrected chi connectivity index (χ4v) is 10.1. The van der Waals surface area contributed by atoms with Crippen LogP contribution in [-0.2, 0) is 0 Å². The molecule has 0 aromatic heterocycles. The highest BCUT2D eigenvalue weighted by atomic mass is 79.9. The van der Waals surface area contributed by atoms with Crippen LogP contribution >= 0.6 is 15.9 Å². The Labute approximate surface area is 218 Å². The number of allylic oxidation sites excluding steroid dienone is 2. The molecule has 4 rings (SSSR count). The first-order valence-electron chi connectivity index (χ1n) is 14.2. The van der Waals surface area contributed by atoms with Gasteiger partial charge in [-0.15, -0.1) is 0 Å². The van der Waals surface area contributed by atoms with Crippen molar-refractivity contribution in [1.82, 2.24) is 0 Å². The van der Waals surface area contributed by atoms with E-state index in [4.69, 9.17) is 0 Å². The summed E-state index contributed by atoms with van der Waals surface area (Å²) in [6.45, 7) is 21.5. The largest absolute Gasteiger partial charge is 0.393 e. The van der Waals surface area contributed by atoms with E-state index in [0.29, 0.717) is 23.2 Å². The van der Waals surface area contributed by atoms with Gasteiger partial charge in [0.05, 0.1) is 12.2 Å². The molecular formula is C31H53BrO2.